The van der Waals surface area contributed by atoms with Crippen LogP contribution in [0.25, 0.3) is 10.9 Å². The third kappa shape index (κ3) is 2.59. The smallest absolute Gasteiger partial charge is 0.0742 e. The van der Waals surface area contributed by atoms with Gasteiger partial charge in [0.1, 0.15) is 0 Å². The summed E-state index contributed by atoms with van der Waals surface area (Å²) < 4.78 is 0. The van der Waals surface area contributed by atoms with Crippen LogP contribution in [0.15, 0.2) is 24.4 Å². The molecule has 0 saturated heterocycles. The second kappa shape index (κ2) is 4.87. The van der Waals surface area contributed by atoms with E-state index in [0.29, 0.717) is 0 Å². The Kier molecular flexibility index (Phi) is 3.66. The maximum Gasteiger partial charge on any atom is 0.0742 e. The number of rotatable bonds is 1. The number of fused-ring (bicyclic) bond motifs is 1. The van der Waals surface area contributed by atoms with Gasteiger partial charge in [0.15, 0.2) is 0 Å². The summed E-state index contributed by atoms with van der Waals surface area (Å²) in [5.74, 6) is 0. The van der Waals surface area contributed by atoms with Crippen molar-refractivity contribution in [3.8, 4) is 0 Å². The van der Waals surface area contributed by atoms with Gasteiger partial charge >= 0.3 is 0 Å². The van der Waals surface area contributed by atoms with Crippen molar-refractivity contribution in [2.75, 3.05) is 0 Å². The van der Waals surface area contributed by atoms with Crippen LogP contribution in [0.5, 0.6) is 0 Å². The van der Waals surface area contributed by atoms with Crippen LogP contribution in [0.2, 0.25) is 0 Å². The number of benzene rings is 1. The molecule has 0 saturated carbocycles. The van der Waals surface area contributed by atoms with Crippen molar-refractivity contribution in [1.29, 1.82) is 0 Å². The molecule has 0 aliphatic rings. The predicted molar refractivity (Wildman–Crippen MR) is 88.5 cm³/mol. The minimum atomic E-state index is 0.126. The van der Waals surface area contributed by atoms with E-state index in [1.54, 1.807) is 0 Å². The SMILES string of the molecule is CCc1c(C(C)(C)C)cnc2c(C(C)(C)C)cccc12. The molecule has 0 bridgehead atoms. The number of hydrogen-bond acceptors (Lipinski definition) is 1. The highest BCUT2D eigenvalue weighted by Gasteiger charge is 2.23. The first-order valence-corrected chi connectivity index (χ1v) is 7.58. The molecule has 0 unspecified atom stereocenters. The molecule has 1 heterocycles. The molecule has 0 spiro atoms. The third-order valence-corrected chi connectivity index (χ3v) is 3.98. The summed E-state index contributed by atoms with van der Waals surface area (Å²) in [6.45, 7) is 15.8. The standard InChI is InChI=1S/C19H27N/c1-8-13-14-10-9-11-15(18(2,3)4)17(14)20-12-16(13)19(5,6)7/h9-12H,8H2,1-7H3. The number of pyridine rings is 1. The van der Waals surface area contributed by atoms with E-state index in [9.17, 15) is 0 Å². The van der Waals surface area contributed by atoms with Crippen molar-refractivity contribution < 1.29 is 0 Å². The number of aryl methyl sites for hydroxylation is 1. The predicted octanol–water partition coefficient (Wildman–Crippen LogP) is 5.39. The lowest BCUT2D eigenvalue weighted by Gasteiger charge is -2.26. The fraction of sp³-hybridized carbons (Fsp3) is 0.526. The number of aromatic nitrogens is 1. The molecule has 20 heavy (non-hydrogen) atoms. The summed E-state index contributed by atoms with van der Waals surface area (Å²) in [5, 5.41) is 1.33. The molecular weight excluding hydrogens is 242 g/mol. The van der Waals surface area contributed by atoms with Crippen molar-refractivity contribution >= 4 is 10.9 Å². The molecule has 0 amide bonds. The molecule has 1 nitrogen and oxygen atoms in total. The van der Waals surface area contributed by atoms with Crippen LogP contribution in [-0.4, -0.2) is 4.98 Å². The van der Waals surface area contributed by atoms with Gasteiger partial charge in [-0.05, 0) is 33.9 Å². The average Bonchev–Trinajstić information content (AvgIpc) is 2.34. The van der Waals surface area contributed by atoms with Crippen LogP contribution in [0.1, 0.15) is 65.2 Å². The summed E-state index contributed by atoms with van der Waals surface area (Å²) in [7, 11) is 0. The van der Waals surface area contributed by atoms with Crippen molar-refractivity contribution in [2.45, 2.75) is 65.7 Å². The van der Waals surface area contributed by atoms with Gasteiger partial charge in [0.05, 0.1) is 5.52 Å². The third-order valence-electron chi connectivity index (χ3n) is 3.98. The molecule has 0 atom stereocenters. The largest absolute Gasteiger partial charge is 0.256 e. The van der Waals surface area contributed by atoms with E-state index in [0.717, 1.165) is 6.42 Å². The van der Waals surface area contributed by atoms with Crippen LogP contribution < -0.4 is 0 Å². The molecule has 0 N–H and O–H groups in total. The van der Waals surface area contributed by atoms with Crippen LogP contribution in [0.3, 0.4) is 0 Å². The van der Waals surface area contributed by atoms with Crippen LogP contribution >= 0.6 is 0 Å². The zero-order valence-corrected chi connectivity index (χ0v) is 14.0. The van der Waals surface area contributed by atoms with Gasteiger partial charge in [0.25, 0.3) is 0 Å². The Morgan fingerprint density at radius 2 is 1.50 bits per heavy atom. The summed E-state index contributed by atoms with van der Waals surface area (Å²) >= 11 is 0. The topological polar surface area (TPSA) is 12.9 Å². The zero-order valence-electron chi connectivity index (χ0n) is 14.0. The summed E-state index contributed by atoms with van der Waals surface area (Å²) in [6, 6.07) is 6.62. The zero-order chi connectivity index (χ0) is 15.1. The number of para-hydroxylation sites is 1. The molecule has 0 fully saturated rings. The van der Waals surface area contributed by atoms with Crippen molar-refractivity contribution in [1.82, 2.24) is 4.98 Å². The Morgan fingerprint density at radius 1 is 0.900 bits per heavy atom. The van der Waals surface area contributed by atoms with E-state index in [1.807, 2.05) is 0 Å². The quantitative estimate of drug-likeness (QED) is 0.676. The van der Waals surface area contributed by atoms with Gasteiger partial charge < -0.3 is 0 Å². The summed E-state index contributed by atoms with van der Waals surface area (Å²) in [6.07, 6.45) is 3.15. The normalized spacial score (nSPS) is 12.9. The summed E-state index contributed by atoms with van der Waals surface area (Å²) in [5.41, 5.74) is 5.60. The second-order valence-corrected chi connectivity index (χ2v) is 7.71. The molecule has 1 aromatic heterocycles. The van der Waals surface area contributed by atoms with Crippen LogP contribution in [0.4, 0.5) is 0 Å². The Labute approximate surface area is 123 Å². The molecule has 2 rings (SSSR count). The highest BCUT2D eigenvalue weighted by atomic mass is 14.7. The van der Waals surface area contributed by atoms with E-state index in [2.05, 4.69) is 72.9 Å². The van der Waals surface area contributed by atoms with Gasteiger partial charge in [-0.15, -0.1) is 0 Å². The molecule has 1 heteroatoms. The lowest BCUT2D eigenvalue weighted by atomic mass is 9.80. The lowest BCUT2D eigenvalue weighted by molar-refractivity contribution is 0.580. The maximum atomic E-state index is 4.82. The Bertz CT molecular complexity index is 624. The molecule has 108 valence electrons. The minimum Gasteiger partial charge on any atom is -0.256 e. The number of nitrogens with zero attached hydrogens (tertiary/aromatic N) is 1. The molecule has 0 radical (unpaired) electrons. The first-order valence-electron chi connectivity index (χ1n) is 7.58. The lowest BCUT2D eigenvalue weighted by Crippen LogP contribution is -2.17. The van der Waals surface area contributed by atoms with Gasteiger partial charge in [0, 0.05) is 11.6 Å². The molecule has 2 aromatic rings. The van der Waals surface area contributed by atoms with E-state index in [4.69, 9.17) is 4.98 Å². The Morgan fingerprint density at radius 3 is 2.00 bits per heavy atom. The second-order valence-electron chi connectivity index (χ2n) is 7.71. The van der Waals surface area contributed by atoms with Gasteiger partial charge in [-0.25, -0.2) is 0 Å². The average molecular weight is 269 g/mol. The van der Waals surface area contributed by atoms with Gasteiger partial charge in [0.2, 0.25) is 0 Å². The molecule has 0 aliphatic carbocycles. The molecule has 0 aliphatic heterocycles. The van der Waals surface area contributed by atoms with E-state index < -0.39 is 0 Å². The fourth-order valence-electron chi connectivity index (χ4n) is 2.91. The van der Waals surface area contributed by atoms with E-state index in [1.165, 1.54) is 27.6 Å². The molecule has 1 aromatic carbocycles. The van der Waals surface area contributed by atoms with Crippen LogP contribution in [0, 0.1) is 0 Å². The molecular formula is C19H27N. The fourth-order valence-corrected chi connectivity index (χ4v) is 2.91. The van der Waals surface area contributed by atoms with Crippen LogP contribution in [-0.2, 0) is 17.3 Å². The van der Waals surface area contributed by atoms with Gasteiger partial charge in [-0.2, -0.15) is 0 Å². The highest BCUT2D eigenvalue weighted by molar-refractivity contribution is 5.87. The number of hydrogen-bond donors (Lipinski definition) is 0. The Hall–Kier alpha value is -1.37. The monoisotopic (exact) mass is 269 g/mol. The Balaban J connectivity index is 2.84. The van der Waals surface area contributed by atoms with Crippen molar-refractivity contribution in [3.05, 3.63) is 41.1 Å². The van der Waals surface area contributed by atoms with Gasteiger partial charge in [-0.1, -0.05) is 66.7 Å². The first kappa shape index (κ1) is 15.0. The van der Waals surface area contributed by atoms with Crippen molar-refractivity contribution in [2.24, 2.45) is 0 Å². The maximum absolute atomic E-state index is 4.82. The van der Waals surface area contributed by atoms with E-state index in [-0.39, 0.29) is 10.8 Å². The van der Waals surface area contributed by atoms with Gasteiger partial charge in [-0.3, -0.25) is 4.98 Å². The highest BCUT2D eigenvalue weighted by Crippen LogP contribution is 2.34. The van der Waals surface area contributed by atoms with E-state index >= 15 is 0 Å². The van der Waals surface area contributed by atoms with Crippen molar-refractivity contribution in [3.63, 3.8) is 0 Å². The first-order chi connectivity index (χ1) is 9.16. The minimum absolute atomic E-state index is 0.126. The summed E-state index contributed by atoms with van der Waals surface area (Å²) in [4.78, 5) is 4.82.